The lowest BCUT2D eigenvalue weighted by Gasteiger charge is -2.11. The molecule has 1 atom stereocenters. The largest absolute Gasteiger partial charge is 0.465 e. The van der Waals surface area contributed by atoms with Gasteiger partial charge in [0, 0.05) is 10.8 Å². The topological polar surface area (TPSA) is 81.4 Å². The van der Waals surface area contributed by atoms with E-state index in [9.17, 15) is 9.59 Å². The summed E-state index contributed by atoms with van der Waals surface area (Å²) in [5.41, 5.74) is 7.05. The molecule has 6 heteroatoms. The minimum Gasteiger partial charge on any atom is -0.465 e. The highest BCUT2D eigenvalue weighted by atomic mass is 32.1. The fraction of sp³-hybridized carbons (Fsp3) is 0.571. The van der Waals surface area contributed by atoms with E-state index in [0.29, 0.717) is 23.5 Å². The number of rotatable bonds is 5. The minimum atomic E-state index is -0.369. The molecule has 0 spiro atoms. The molecule has 0 fully saturated rings. The number of hydrogen-bond acceptors (Lipinski definition) is 5. The van der Waals surface area contributed by atoms with Gasteiger partial charge in [0.1, 0.15) is 5.00 Å². The van der Waals surface area contributed by atoms with Crippen LogP contribution in [0.4, 0.5) is 5.00 Å². The summed E-state index contributed by atoms with van der Waals surface area (Å²) in [6.45, 7) is 2.31. The summed E-state index contributed by atoms with van der Waals surface area (Å²) in [5.74, 6) is -0.630. The number of carbonyl (C=O) groups excluding carboxylic acids is 2. The van der Waals surface area contributed by atoms with Crippen LogP contribution >= 0.6 is 11.3 Å². The summed E-state index contributed by atoms with van der Waals surface area (Å²) in [4.78, 5) is 25.2. The Labute approximate surface area is 122 Å². The number of carbonyl (C=O) groups is 2. The van der Waals surface area contributed by atoms with Crippen molar-refractivity contribution in [1.82, 2.24) is 0 Å². The maximum Gasteiger partial charge on any atom is 0.341 e. The molecule has 20 heavy (non-hydrogen) atoms. The SMILES string of the molecule is COC(=O)c1c(NC(=O)C(C)CCN)sc2c1CCC2. The highest BCUT2D eigenvalue weighted by molar-refractivity contribution is 7.17. The number of hydrogen-bond donors (Lipinski definition) is 2. The van der Waals surface area contributed by atoms with Gasteiger partial charge in [-0.05, 0) is 37.8 Å². The first-order chi connectivity index (χ1) is 9.58. The van der Waals surface area contributed by atoms with Crippen LogP contribution in [0.5, 0.6) is 0 Å². The average Bonchev–Trinajstić information content (AvgIpc) is 2.98. The zero-order valence-electron chi connectivity index (χ0n) is 11.8. The quantitative estimate of drug-likeness (QED) is 0.814. The lowest BCUT2D eigenvalue weighted by molar-refractivity contribution is -0.119. The molecule has 1 aromatic rings. The Kier molecular flexibility index (Phi) is 4.77. The third kappa shape index (κ3) is 2.86. The molecule has 1 aliphatic carbocycles. The van der Waals surface area contributed by atoms with Crippen LogP contribution < -0.4 is 11.1 Å². The van der Waals surface area contributed by atoms with Crippen molar-refractivity contribution in [2.75, 3.05) is 19.0 Å². The zero-order valence-corrected chi connectivity index (χ0v) is 12.6. The van der Waals surface area contributed by atoms with Gasteiger partial charge >= 0.3 is 5.97 Å². The van der Waals surface area contributed by atoms with Crippen LogP contribution in [0.1, 0.15) is 40.6 Å². The van der Waals surface area contributed by atoms with Crippen molar-refractivity contribution in [2.45, 2.75) is 32.6 Å². The molecule has 0 saturated heterocycles. The summed E-state index contributed by atoms with van der Waals surface area (Å²) in [7, 11) is 1.37. The molecule has 0 aromatic carbocycles. The second-order valence-electron chi connectivity index (χ2n) is 5.02. The van der Waals surface area contributed by atoms with Crippen LogP contribution in [0.25, 0.3) is 0 Å². The van der Waals surface area contributed by atoms with Gasteiger partial charge < -0.3 is 15.8 Å². The maximum absolute atomic E-state index is 12.1. The van der Waals surface area contributed by atoms with E-state index in [0.717, 1.165) is 24.8 Å². The molecule has 110 valence electrons. The van der Waals surface area contributed by atoms with Crippen LogP contribution in [0, 0.1) is 5.92 Å². The molecule has 1 aromatic heterocycles. The number of methoxy groups -OCH3 is 1. The molecule has 1 unspecified atom stereocenters. The number of thiophene rings is 1. The predicted molar refractivity (Wildman–Crippen MR) is 79.1 cm³/mol. The number of esters is 1. The minimum absolute atomic E-state index is 0.0967. The number of amides is 1. The second kappa shape index (κ2) is 6.37. The van der Waals surface area contributed by atoms with Gasteiger partial charge in [0.15, 0.2) is 0 Å². The normalized spacial score (nSPS) is 14.8. The van der Waals surface area contributed by atoms with Crippen molar-refractivity contribution in [3.05, 3.63) is 16.0 Å². The van der Waals surface area contributed by atoms with Gasteiger partial charge in [0.2, 0.25) is 5.91 Å². The molecule has 3 N–H and O–H groups in total. The van der Waals surface area contributed by atoms with Gasteiger partial charge in [-0.1, -0.05) is 6.92 Å². The van der Waals surface area contributed by atoms with Gasteiger partial charge in [0.25, 0.3) is 0 Å². The maximum atomic E-state index is 12.1. The number of nitrogens with two attached hydrogens (primary N) is 1. The number of aryl methyl sites for hydroxylation is 1. The van der Waals surface area contributed by atoms with E-state index in [1.165, 1.54) is 23.3 Å². The zero-order chi connectivity index (χ0) is 14.7. The highest BCUT2D eigenvalue weighted by Crippen LogP contribution is 2.39. The van der Waals surface area contributed by atoms with E-state index >= 15 is 0 Å². The van der Waals surface area contributed by atoms with E-state index in [4.69, 9.17) is 10.5 Å². The summed E-state index contributed by atoms with van der Waals surface area (Å²) in [5, 5.41) is 3.48. The first-order valence-corrected chi connectivity index (χ1v) is 7.63. The summed E-state index contributed by atoms with van der Waals surface area (Å²) in [6, 6.07) is 0. The fourth-order valence-electron chi connectivity index (χ4n) is 2.43. The van der Waals surface area contributed by atoms with Crippen molar-refractivity contribution in [1.29, 1.82) is 0 Å². The van der Waals surface area contributed by atoms with Crippen molar-refractivity contribution >= 4 is 28.2 Å². The number of nitrogens with one attached hydrogen (secondary N) is 1. The molecule has 2 rings (SSSR count). The molecular formula is C14H20N2O3S. The smallest absolute Gasteiger partial charge is 0.341 e. The van der Waals surface area contributed by atoms with Gasteiger partial charge in [-0.15, -0.1) is 11.3 Å². The standard InChI is InChI=1S/C14H20N2O3S/c1-8(6-7-15)12(17)16-13-11(14(18)19-2)9-4-3-5-10(9)20-13/h8H,3-7,15H2,1-2H3,(H,16,17). The van der Waals surface area contributed by atoms with Gasteiger partial charge in [-0.25, -0.2) is 4.79 Å². The monoisotopic (exact) mass is 296 g/mol. The first kappa shape index (κ1) is 15.0. The molecule has 0 saturated carbocycles. The molecule has 0 aliphatic heterocycles. The van der Waals surface area contributed by atoms with E-state index in [1.807, 2.05) is 6.92 Å². The third-order valence-corrected chi connectivity index (χ3v) is 4.80. The molecule has 0 radical (unpaired) electrons. The summed E-state index contributed by atoms with van der Waals surface area (Å²) < 4.78 is 4.85. The molecule has 1 amide bonds. The second-order valence-corrected chi connectivity index (χ2v) is 6.13. The summed E-state index contributed by atoms with van der Waals surface area (Å²) in [6.07, 6.45) is 3.54. The Morgan fingerprint density at radius 3 is 2.85 bits per heavy atom. The van der Waals surface area contributed by atoms with E-state index in [1.54, 1.807) is 0 Å². The Morgan fingerprint density at radius 2 is 2.20 bits per heavy atom. The van der Waals surface area contributed by atoms with E-state index in [-0.39, 0.29) is 17.8 Å². The van der Waals surface area contributed by atoms with Crippen molar-refractivity contribution in [2.24, 2.45) is 11.7 Å². The van der Waals surface area contributed by atoms with Crippen LogP contribution in [0.2, 0.25) is 0 Å². The van der Waals surface area contributed by atoms with E-state index in [2.05, 4.69) is 5.32 Å². The fourth-order valence-corrected chi connectivity index (χ4v) is 3.71. The lowest BCUT2D eigenvalue weighted by atomic mass is 10.1. The average molecular weight is 296 g/mol. The first-order valence-electron chi connectivity index (χ1n) is 6.82. The Bertz CT molecular complexity index is 525. The van der Waals surface area contributed by atoms with Crippen LogP contribution in [-0.4, -0.2) is 25.5 Å². The van der Waals surface area contributed by atoms with Crippen LogP contribution in [-0.2, 0) is 22.4 Å². The Hall–Kier alpha value is -1.40. The Morgan fingerprint density at radius 1 is 1.45 bits per heavy atom. The van der Waals surface area contributed by atoms with Gasteiger partial charge in [0.05, 0.1) is 12.7 Å². The van der Waals surface area contributed by atoms with Crippen molar-refractivity contribution in [3.8, 4) is 0 Å². The Balaban J connectivity index is 2.24. The van der Waals surface area contributed by atoms with Gasteiger partial charge in [-0.2, -0.15) is 0 Å². The summed E-state index contributed by atoms with van der Waals surface area (Å²) >= 11 is 1.49. The molecular weight excluding hydrogens is 276 g/mol. The number of ether oxygens (including phenoxy) is 1. The van der Waals surface area contributed by atoms with Crippen LogP contribution in [0.3, 0.4) is 0 Å². The predicted octanol–water partition coefficient (Wildman–Crippen LogP) is 1.95. The highest BCUT2D eigenvalue weighted by Gasteiger charge is 2.28. The number of fused-ring (bicyclic) bond motifs is 1. The third-order valence-electron chi connectivity index (χ3n) is 3.59. The van der Waals surface area contributed by atoms with Crippen LogP contribution in [0.15, 0.2) is 0 Å². The molecule has 0 bridgehead atoms. The molecule has 1 aliphatic rings. The van der Waals surface area contributed by atoms with E-state index < -0.39 is 0 Å². The molecule has 5 nitrogen and oxygen atoms in total. The van der Waals surface area contributed by atoms with Crippen molar-refractivity contribution in [3.63, 3.8) is 0 Å². The van der Waals surface area contributed by atoms with Crippen molar-refractivity contribution < 1.29 is 14.3 Å². The number of anilines is 1. The molecule has 1 heterocycles. The van der Waals surface area contributed by atoms with Gasteiger partial charge in [-0.3, -0.25) is 4.79 Å². The lowest BCUT2D eigenvalue weighted by Crippen LogP contribution is -2.23.